The van der Waals surface area contributed by atoms with Gasteiger partial charge in [-0.05, 0) is 30.2 Å². The lowest BCUT2D eigenvalue weighted by molar-refractivity contribution is -0.128. The van der Waals surface area contributed by atoms with Crippen molar-refractivity contribution in [2.24, 2.45) is 5.92 Å². The van der Waals surface area contributed by atoms with E-state index < -0.39 is 11.2 Å². The summed E-state index contributed by atoms with van der Waals surface area (Å²) in [7, 11) is 0. The number of nitrogens with one attached hydrogen (secondary N) is 1. The van der Waals surface area contributed by atoms with Crippen LogP contribution in [-0.2, 0) is 22.7 Å². The monoisotopic (exact) mass is 430 g/mol. The molecule has 1 heterocycles. The number of aryl methyl sites for hydroxylation is 1. The molecular weight excluding hydrogens is 404 g/mol. The first-order chi connectivity index (χ1) is 15.0. The van der Waals surface area contributed by atoms with E-state index in [1.165, 1.54) is 17.3 Å². The van der Waals surface area contributed by atoms with E-state index in [4.69, 9.17) is 0 Å². The van der Waals surface area contributed by atoms with Crippen LogP contribution >= 0.6 is 11.8 Å². The summed E-state index contributed by atoms with van der Waals surface area (Å²) < 4.78 is 0. The molecule has 31 heavy (non-hydrogen) atoms. The van der Waals surface area contributed by atoms with Crippen LogP contribution in [0.1, 0.15) is 23.6 Å². The van der Waals surface area contributed by atoms with Crippen LogP contribution in [0.3, 0.4) is 0 Å². The van der Waals surface area contributed by atoms with Gasteiger partial charge in [-0.25, -0.2) is 0 Å². The molecule has 3 aromatic carbocycles. The van der Waals surface area contributed by atoms with Gasteiger partial charge in [-0.2, -0.15) is 0 Å². The number of rotatable bonds is 6. The van der Waals surface area contributed by atoms with Gasteiger partial charge in [-0.15, -0.1) is 11.8 Å². The van der Waals surface area contributed by atoms with Crippen molar-refractivity contribution in [2.45, 2.75) is 37.1 Å². The predicted octanol–water partition coefficient (Wildman–Crippen LogP) is 4.96. The van der Waals surface area contributed by atoms with Gasteiger partial charge >= 0.3 is 0 Å². The van der Waals surface area contributed by atoms with Crippen molar-refractivity contribution in [2.75, 3.05) is 4.90 Å². The highest BCUT2D eigenvalue weighted by atomic mass is 32.2. The zero-order valence-electron chi connectivity index (χ0n) is 17.7. The fraction of sp³-hybridized carbons (Fsp3) is 0.231. The second-order valence-corrected chi connectivity index (χ2v) is 9.09. The third kappa shape index (κ3) is 4.83. The molecule has 4 rings (SSSR count). The average molecular weight is 431 g/mol. The fourth-order valence-corrected chi connectivity index (χ4v) is 4.96. The largest absolute Gasteiger partial charge is 0.352 e. The molecule has 0 aromatic heterocycles. The third-order valence-electron chi connectivity index (χ3n) is 5.56. The minimum absolute atomic E-state index is 0.0216. The molecule has 1 aliphatic rings. The Morgan fingerprint density at radius 3 is 2.39 bits per heavy atom. The molecule has 0 saturated heterocycles. The SMILES string of the molecule is Cc1ccc(CN2C(=O)C(C(C)C(=O)NCc3ccccc3)Sc3ccccc32)cc1. The maximum Gasteiger partial charge on any atom is 0.241 e. The molecule has 0 spiro atoms. The van der Waals surface area contributed by atoms with E-state index in [0.717, 1.165) is 21.7 Å². The normalized spacial score (nSPS) is 16.5. The minimum atomic E-state index is -0.462. The van der Waals surface area contributed by atoms with E-state index in [1.54, 1.807) is 0 Å². The molecule has 0 radical (unpaired) electrons. The summed E-state index contributed by atoms with van der Waals surface area (Å²) >= 11 is 1.49. The maximum absolute atomic E-state index is 13.5. The Morgan fingerprint density at radius 2 is 1.65 bits per heavy atom. The van der Waals surface area contributed by atoms with E-state index in [1.807, 2.05) is 73.3 Å². The van der Waals surface area contributed by atoms with E-state index in [0.29, 0.717) is 13.1 Å². The summed E-state index contributed by atoms with van der Waals surface area (Å²) in [6.07, 6.45) is 0. The Kier molecular flexibility index (Phi) is 6.42. The number of anilines is 1. The number of benzene rings is 3. The van der Waals surface area contributed by atoms with Crippen LogP contribution in [0.2, 0.25) is 0 Å². The van der Waals surface area contributed by atoms with Crippen LogP contribution < -0.4 is 10.2 Å². The average Bonchev–Trinajstić information content (AvgIpc) is 2.80. The highest BCUT2D eigenvalue weighted by Crippen LogP contribution is 2.42. The van der Waals surface area contributed by atoms with E-state index >= 15 is 0 Å². The van der Waals surface area contributed by atoms with E-state index in [9.17, 15) is 9.59 Å². The van der Waals surface area contributed by atoms with Gasteiger partial charge < -0.3 is 10.2 Å². The Bertz CT molecular complexity index is 1070. The molecule has 4 nitrogen and oxygen atoms in total. The number of nitrogens with zero attached hydrogens (tertiary/aromatic N) is 1. The van der Waals surface area contributed by atoms with Crippen LogP contribution in [0.4, 0.5) is 5.69 Å². The fourth-order valence-electron chi connectivity index (χ4n) is 3.68. The molecule has 2 unspecified atom stereocenters. The Labute approximate surface area is 187 Å². The topological polar surface area (TPSA) is 49.4 Å². The summed E-state index contributed by atoms with van der Waals surface area (Å²) in [4.78, 5) is 29.2. The lowest BCUT2D eigenvalue weighted by atomic mass is 10.0. The van der Waals surface area contributed by atoms with Crippen LogP contribution in [0, 0.1) is 12.8 Å². The molecular formula is C26H26N2O2S. The number of fused-ring (bicyclic) bond motifs is 1. The molecule has 158 valence electrons. The van der Waals surface area contributed by atoms with Crippen molar-refractivity contribution in [3.05, 3.63) is 95.6 Å². The second-order valence-electron chi connectivity index (χ2n) is 7.91. The molecule has 0 bridgehead atoms. The minimum Gasteiger partial charge on any atom is -0.352 e. The highest BCUT2D eigenvalue weighted by Gasteiger charge is 2.39. The van der Waals surface area contributed by atoms with Crippen LogP contribution in [0.15, 0.2) is 83.8 Å². The van der Waals surface area contributed by atoms with Gasteiger partial charge in [-0.1, -0.05) is 79.2 Å². The van der Waals surface area contributed by atoms with Crippen LogP contribution in [-0.4, -0.2) is 17.1 Å². The predicted molar refractivity (Wildman–Crippen MR) is 126 cm³/mol. The smallest absolute Gasteiger partial charge is 0.241 e. The number of carbonyl (C=O) groups excluding carboxylic acids is 2. The first kappa shape index (κ1) is 21.2. The van der Waals surface area contributed by atoms with Gasteiger partial charge in [0.2, 0.25) is 11.8 Å². The van der Waals surface area contributed by atoms with E-state index in [-0.39, 0.29) is 11.8 Å². The van der Waals surface area contributed by atoms with E-state index in [2.05, 4.69) is 29.6 Å². The van der Waals surface area contributed by atoms with Gasteiger partial charge in [0.25, 0.3) is 0 Å². The lowest BCUT2D eigenvalue weighted by Crippen LogP contribution is -2.47. The Hall–Kier alpha value is -3.05. The van der Waals surface area contributed by atoms with Crippen molar-refractivity contribution in [3.8, 4) is 0 Å². The van der Waals surface area contributed by atoms with Gasteiger partial charge in [0.05, 0.1) is 18.2 Å². The molecule has 1 aliphatic heterocycles. The maximum atomic E-state index is 13.5. The van der Waals surface area contributed by atoms with Crippen LogP contribution in [0.25, 0.3) is 0 Å². The molecule has 0 fully saturated rings. The van der Waals surface area contributed by atoms with Gasteiger partial charge in [0.1, 0.15) is 5.25 Å². The molecule has 2 amide bonds. The number of thioether (sulfide) groups is 1. The second kappa shape index (κ2) is 9.40. The number of hydrogen-bond acceptors (Lipinski definition) is 3. The van der Waals surface area contributed by atoms with Crippen LogP contribution in [0.5, 0.6) is 0 Å². The van der Waals surface area contributed by atoms with Crippen molar-refractivity contribution in [3.63, 3.8) is 0 Å². The summed E-state index contributed by atoms with van der Waals surface area (Å²) in [5, 5.41) is 2.53. The van der Waals surface area contributed by atoms with Crippen molar-refractivity contribution >= 4 is 29.3 Å². The van der Waals surface area contributed by atoms with Crippen molar-refractivity contribution in [1.82, 2.24) is 5.32 Å². The van der Waals surface area contributed by atoms with Crippen molar-refractivity contribution < 1.29 is 9.59 Å². The summed E-state index contributed by atoms with van der Waals surface area (Å²) in [5.41, 5.74) is 4.20. The summed E-state index contributed by atoms with van der Waals surface area (Å²) in [5.74, 6) is -0.578. The van der Waals surface area contributed by atoms with Gasteiger partial charge in [0, 0.05) is 11.4 Å². The first-order valence-corrected chi connectivity index (χ1v) is 11.3. The highest BCUT2D eigenvalue weighted by molar-refractivity contribution is 8.01. The Morgan fingerprint density at radius 1 is 0.968 bits per heavy atom. The third-order valence-corrected chi connectivity index (χ3v) is 7.02. The lowest BCUT2D eigenvalue weighted by Gasteiger charge is -2.35. The number of hydrogen-bond donors (Lipinski definition) is 1. The molecule has 2 atom stereocenters. The molecule has 5 heteroatoms. The number of carbonyl (C=O) groups is 2. The molecule has 1 N–H and O–H groups in total. The molecule has 0 saturated carbocycles. The Balaban J connectivity index is 1.53. The number of para-hydroxylation sites is 1. The standard InChI is InChI=1S/C26H26N2O2S/c1-18-12-14-21(15-13-18)17-28-22-10-6-7-11-23(22)31-24(26(28)30)19(2)25(29)27-16-20-8-4-3-5-9-20/h3-15,19,24H,16-17H2,1-2H3,(H,27,29). The first-order valence-electron chi connectivity index (χ1n) is 10.5. The van der Waals surface area contributed by atoms with Gasteiger partial charge in [-0.3, -0.25) is 9.59 Å². The summed E-state index contributed by atoms with van der Waals surface area (Å²) in [6.45, 7) is 4.84. The quantitative estimate of drug-likeness (QED) is 0.602. The number of amides is 2. The summed E-state index contributed by atoms with van der Waals surface area (Å²) in [6, 6.07) is 26.0. The van der Waals surface area contributed by atoms with Gasteiger partial charge in [0.15, 0.2) is 0 Å². The zero-order valence-corrected chi connectivity index (χ0v) is 18.6. The van der Waals surface area contributed by atoms with Crippen molar-refractivity contribution in [1.29, 1.82) is 0 Å². The molecule has 3 aromatic rings. The molecule has 0 aliphatic carbocycles. The zero-order chi connectivity index (χ0) is 21.8.